The predicted octanol–water partition coefficient (Wildman–Crippen LogP) is 4.30. The van der Waals surface area contributed by atoms with Gasteiger partial charge in [-0.05, 0) is 53.7 Å². The third-order valence-corrected chi connectivity index (χ3v) is 5.48. The first kappa shape index (κ1) is 16.9. The summed E-state index contributed by atoms with van der Waals surface area (Å²) in [6.07, 6.45) is 4.46. The first-order valence-electron chi connectivity index (χ1n) is 7.74. The maximum atomic E-state index is 5.95. The van der Waals surface area contributed by atoms with Crippen molar-refractivity contribution in [2.75, 3.05) is 19.5 Å². The van der Waals surface area contributed by atoms with Crippen molar-refractivity contribution in [1.82, 2.24) is 9.97 Å². The van der Waals surface area contributed by atoms with Crippen LogP contribution in [-0.4, -0.2) is 24.1 Å². The van der Waals surface area contributed by atoms with Gasteiger partial charge in [0.2, 0.25) is 0 Å². The van der Waals surface area contributed by atoms with Crippen molar-refractivity contribution in [3.05, 3.63) is 15.1 Å². The van der Waals surface area contributed by atoms with Gasteiger partial charge in [-0.3, -0.25) is 0 Å². The van der Waals surface area contributed by atoms with Gasteiger partial charge >= 0.3 is 0 Å². The molecule has 21 heavy (non-hydrogen) atoms. The molecule has 1 aliphatic rings. The van der Waals surface area contributed by atoms with E-state index in [0.29, 0.717) is 11.8 Å². The van der Waals surface area contributed by atoms with Gasteiger partial charge in [-0.2, -0.15) is 0 Å². The lowest BCUT2D eigenvalue weighted by atomic mass is 9.78. The highest BCUT2D eigenvalue weighted by atomic mass is 127. The molecule has 2 atom stereocenters. The number of hydrogen-bond donors (Lipinski definition) is 1. The minimum Gasteiger partial charge on any atom is -0.372 e. The first-order valence-corrected chi connectivity index (χ1v) is 8.82. The van der Waals surface area contributed by atoms with Gasteiger partial charge in [-0.15, -0.1) is 0 Å². The minimum absolute atomic E-state index is 0.322. The molecule has 0 radical (unpaired) electrons. The van der Waals surface area contributed by atoms with Crippen molar-refractivity contribution in [3.63, 3.8) is 0 Å². The van der Waals surface area contributed by atoms with Gasteiger partial charge in [0, 0.05) is 14.2 Å². The second-order valence-corrected chi connectivity index (χ2v) is 7.48. The van der Waals surface area contributed by atoms with E-state index in [1.165, 1.54) is 12.8 Å². The average molecular weight is 403 g/mol. The molecular formula is C16H26IN3O. The lowest BCUT2D eigenvalue weighted by Gasteiger charge is -2.38. The Morgan fingerprint density at radius 1 is 1.38 bits per heavy atom. The number of anilines is 1. The molecule has 4 nitrogen and oxygen atoms in total. The molecule has 1 saturated carbocycles. The van der Waals surface area contributed by atoms with Crippen LogP contribution in [0.2, 0.25) is 0 Å². The van der Waals surface area contributed by atoms with E-state index in [4.69, 9.17) is 14.7 Å². The number of halogens is 1. The summed E-state index contributed by atoms with van der Waals surface area (Å²) in [5, 5.41) is 3.21. The van der Waals surface area contributed by atoms with Gasteiger partial charge in [-0.25, -0.2) is 9.97 Å². The number of hydrogen-bond acceptors (Lipinski definition) is 4. The molecule has 0 aromatic carbocycles. The van der Waals surface area contributed by atoms with Crippen molar-refractivity contribution in [2.24, 2.45) is 5.92 Å². The Kier molecular flexibility index (Phi) is 5.46. The average Bonchev–Trinajstić information content (AvgIpc) is 2.46. The highest BCUT2D eigenvalue weighted by Crippen LogP contribution is 2.42. The maximum absolute atomic E-state index is 5.95. The molecule has 5 heteroatoms. The fraction of sp³-hybridized carbons (Fsp3) is 0.750. The van der Waals surface area contributed by atoms with Crippen LogP contribution in [-0.2, 0) is 10.3 Å². The molecule has 1 fully saturated rings. The molecule has 0 bridgehead atoms. The van der Waals surface area contributed by atoms with Crippen LogP contribution in [0.25, 0.3) is 0 Å². The molecule has 0 aliphatic heterocycles. The third-order valence-electron chi connectivity index (χ3n) is 4.41. The van der Waals surface area contributed by atoms with Crippen LogP contribution >= 0.6 is 22.6 Å². The number of methoxy groups -OCH3 is 1. The summed E-state index contributed by atoms with van der Waals surface area (Å²) in [6.45, 7) is 6.65. The summed E-state index contributed by atoms with van der Waals surface area (Å²) in [4.78, 5) is 9.68. The fourth-order valence-corrected chi connectivity index (χ4v) is 4.33. The normalized spacial score (nSPS) is 26.1. The molecular weight excluding hydrogens is 377 g/mol. The van der Waals surface area contributed by atoms with Crippen LogP contribution < -0.4 is 5.32 Å². The second kappa shape index (κ2) is 6.77. The summed E-state index contributed by atoms with van der Waals surface area (Å²) in [6, 6.07) is 0. The van der Waals surface area contributed by atoms with Crippen molar-refractivity contribution in [3.8, 4) is 0 Å². The fourth-order valence-electron chi connectivity index (χ4n) is 3.20. The van der Waals surface area contributed by atoms with Gasteiger partial charge in [-0.1, -0.05) is 27.2 Å². The topological polar surface area (TPSA) is 47.0 Å². The summed E-state index contributed by atoms with van der Waals surface area (Å²) in [5.74, 6) is 2.80. The number of nitrogens with one attached hydrogen (secondary N) is 1. The second-order valence-electron chi connectivity index (χ2n) is 6.40. The van der Waals surface area contributed by atoms with Crippen molar-refractivity contribution >= 4 is 28.4 Å². The van der Waals surface area contributed by atoms with E-state index in [1.54, 1.807) is 7.11 Å². The molecule has 0 spiro atoms. The molecule has 1 aromatic heterocycles. The highest BCUT2D eigenvalue weighted by molar-refractivity contribution is 14.1. The molecule has 118 valence electrons. The summed E-state index contributed by atoms with van der Waals surface area (Å²) in [5.41, 5.74) is 0.789. The van der Waals surface area contributed by atoms with Crippen LogP contribution in [0.1, 0.15) is 63.9 Å². The quantitative estimate of drug-likeness (QED) is 0.762. The van der Waals surface area contributed by atoms with Gasteiger partial charge in [0.25, 0.3) is 0 Å². The van der Waals surface area contributed by atoms with Gasteiger partial charge in [0.05, 0.1) is 9.26 Å². The summed E-state index contributed by atoms with van der Waals surface area (Å²) in [7, 11) is 3.72. The van der Waals surface area contributed by atoms with E-state index in [2.05, 4.69) is 48.7 Å². The number of nitrogens with zero attached hydrogens (tertiary/aromatic N) is 2. The highest BCUT2D eigenvalue weighted by Gasteiger charge is 2.40. The molecule has 0 saturated heterocycles. The van der Waals surface area contributed by atoms with Gasteiger partial charge in [0.15, 0.2) is 5.82 Å². The van der Waals surface area contributed by atoms with Crippen LogP contribution in [0.5, 0.6) is 0 Å². The van der Waals surface area contributed by atoms with Gasteiger partial charge < -0.3 is 10.1 Å². The van der Waals surface area contributed by atoms with E-state index in [1.807, 2.05) is 7.05 Å². The van der Waals surface area contributed by atoms with E-state index < -0.39 is 0 Å². The van der Waals surface area contributed by atoms with E-state index in [9.17, 15) is 0 Å². The smallest absolute Gasteiger partial charge is 0.162 e. The van der Waals surface area contributed by atoms with Crippen molar-refractivity contribution in [2.45, 2.75) is 58.0 Å². The lowest BCUT2D eigenvalue weighted by molar-refractivity contribution is -0.0647. The third kappa shape index (κ3) is 3.33. The number of rotatable bonds is 4. The van der Waals surface area contributed by atoms with Crippen LogP contribution in [0.4, 0.5) is 5.82 Å². The largest absolute Gasteiger partial charge is 0.372 e. The Morgan fingerprint density at radius 3 is 2.62 bits per heavy atom. The zero-order chi connectivity index (χ0) is 15.6. The van der Waals surface area contributed by atoms with Crippen LogP contribution in [0.15, 0.2) is 0 Å². The predicted molar refractivity (Wildman–Crippen MR) is 94.7 cm³/mol. The summed E-state index contributed by atoms with van der Waals surface area (Å²) >= 11 is 2.34. The molecule has 2 rings (SSSR count). The van der Waals surface area contributed by atoms with Crippen LogP contribution in [0, 0.1) is 9.49 Å². The molecule has 1 N–H and O–H groups in total. The molecule has 1 aromatic rings. The Morgan fingerprint density at radius 2 is 2.10 bits per heavy atom. The zero-order valence-electron chi connectivity index (χ0n) is 13.7. The monoisotopic (exact) mass is 403 g/mol. The summed E-state index contributed by atoms with van der Waals surface area (Å²) < 4.78 is 7.07. The first-order chi connectivity index (χ1) is 9.93. The van der Waals surface area contributed by atoms with E-state index in [0.717, 1.165) is 33.7 Å². The molecule has 1 heterocycles. The Hall–Kier alpha value is -0.430. The lowest BCUT2D eigenvalue weighted by Crippen LogP contribution is -2.36. The maximum Gasteiger partial charge on any atom is 0.162 e. The van der Waals surface area contributed by atoms with E-state index in [-0.39, 0.29) is 5.60 Å². The Bertz CT molecular complexity index is 507. The van der Waals surface area contributed by atoms with Gasteiger partial charge in [0.1, 0.15) is 11.4 Å². The Balaban J connectivity index is 2.53. The Labute approximate surface area is 141 Å². The standard InChI is InChI=1S/C16H26IN3O/c1-10(2)13-12(17)14(18-4)20-15(19-13)16(21-5)8-6-7-11(3)9-16/h10-11H,6-9H2,1-5H3,(H,18,19,20). The van der Waals surface area contributed by atoms with Crippen molar-refractivity contribution < 1.29 is 4.74 Å². The SMILES string of the molecule is CNc1nc(C2(OC)CCCC(C)C2)nc(C(C)C)c1I. The van der Waals surface area contributed by atoms with Crippen LogP contribution in [0.3, 0.4) is 0 Å². The molecule has 2 unspecified atom stereocenters. The van der Waals surface area contributed by atoms with E-state index >= 15 is 0 Å². The zero-order valence-corrected chi connectivity index (χ0v) is 15.8. The minimum atomic E-state index is -0.322. The molecule has 1 aliphatic carbocycles. The molecule has 0 amide bonds. The van der Waals surface area contributed by atoms with Crippen molar-refractivity contribution in [1.29, 1.82) is 0 Å². The number of ether oxygens (including phenoxy) is 1. The number of aromatic nitrogens is 2.